The zero-order chi connectivity index (χ0) is 18.0. The molecule has 6 heteroatoms. The maximum atomic E-state index is 12.6. The van der Waals surface area contributed by atoms with Crippen LogP contribution in [0, 0.1) is 5.41 Å². The highest BCUT2D eigenvalue weighted by atomic mass is 35.5. The van der Waals surface area contributed by atoms with Gasteiger partial charge in [0.05, 0.1) is 15.7 Å². The van der Waals surface area contributed by atoms with Crippen LogP contribution >= 0.6 is 23.2 Å². The fraction of sp³-hybridized carbons (Fsp3) is 0.263. The lowest BCUT2D eigenvalue weighted by atomic mass is 10.0. The van der Waals surface area contributed by atoms with Gasteiger partial charge in [0.25, 0.3) is 0 Å². The molecular formula is C19H18Cl2N2O2. The summed E-state index contributed by atoms with van der Waals surface area (Å²) in [6.45, 7) is 2.07. The van der Waals surface area contributed by atoms with Crippen LogP contribution in [0.15, 0.2) is 42.5 Å². The van der Waals surface area contributed by atoms with Crippen molar-refractivity contribution in [1.82, 2.24) is 0 Å². The van der Waals surface area contributed by atoms with Gasteiger partial charge >= 0.3 is 0 Å². The Morgan fingerprint density at radius 2 is 1.52 bits per heavy atom. The van der Waals surface area contributed by atoms with Crippen LogP contribution in [0.4, 0.5) is 11.4 Å². The number of benzene rings is 2. The van der Waals surface area contributed by atoms with Crippen molar-refractivity contribution >= 4 is 46.4 Å². The number of nitrogens with one attached hydrogen (secondary N) is 2. The molecule has 0 aromatic heterocycles. The Morgan fingerprint density at radius 1 is 0.960 bits per heavy atom. The van der Waals surface area contributed by atoms with Crippen LogP contribution in [0.1, 0.15) is 25.3 Å². The molecule has 0 radical (unpaired) electrons. The molecule has 0 atom stereocenters. The van der Waals surface area contributed by atoms with Gasteiger partial charge in [-0.1, -0.05) is 48.3 Å². The molecule has 25 heavy (non-hydrogen) atoms. The van der Waals surface area contributed by atoms with E-state index in [0.29, 0.717) is 34.3 Å². The molecule has 1 saturated carbocycles. The Kier molecular flexibility index (Phi) is 5.02. The highest BCUT2D eigenvalue weighted by Gasteiger charge is 2.56. The van der Waals surface area contributed by atoms with Crippen molar-refractivity contribution in [2.45, 2.75) is 26.2 Å². The molecule has 0 heterocycles. The first kappa shape index (κ1) is 17.8. The van der Waals surface area contributed by atoms with Gasteiger partial charge in [0.2, 0.25) is 11.8 Å². The van der Waals surface area contributed by atoms with Crippen LogP contribution in [0.25, 0.3) is 0 Å². The topological polar surface area (TPSA) is 58.2 Å². The van der Waals surface area contributed by atoms with Crippen LogP contribution in [0.5, 0.6) is 0 Å². The zero-order valence-corrected chi connectivity index (χ0v) is 15.2. The van der Waals surface area contributed by atoms with Gasteiger partial charge in [-0.05, 0) is 49.1 Å². The number of anilines is 2. The van der Waals surface area contributed by atoms with E-state index in [1.54, 1.807) is 18.2 Å². The Bertz CT molecular complexity index is 794. The zero-order valence-electron chi connectivity index (χ0n) is 13.7. The number of hydrogen-bond donors (Lipinski definition) is 2. The van der Waals surface area contributed by atoms with Gasteiger partial charge in [-0.3, -0.25) is 9.59 Å². The average Bonchev–Trinajstić information content (AvgIpc) is 3.41. The van der Waals surface area contributed by atoms with E-state index in [2.05, 4.69) is 17.6 Å². The summed E-state index contributed by atoms with van der Waals surface area (Å²) in [5, 5.41) is 6.21. The summed E-state index contributed by atoms with van der Waals surface area (Å²) in [7, 11) is 0. The van der Waals surface area contributed by atoms with Crippen LogP contribution in [0.3, 0.4) is 0 Å². The highest BCUT2D eigenvalue weighted by molar-refractivity contribution is 6.40. The highest BCUT2D eigenvalue weighted by Crippen LogP contribution is 2.48. The van der Waals surface area contributed by atoms with Crippen molar-refractivity contribution in [3.8, 4) is 0 Å². The number of hydrogen-bond acceptors (Lipinski definition) is 2. The lowest BCUT2D eigenvalue weighted by molar-refractivity contribution is -0.131. The first-order valence-corrected chi connectivity index (χ1v) is 8.88. The molecule has 0 spiro atoms. The predicted molar refractivity (Wildman–Crippen MR) is 101 cm³/mol. The van der Waals surface area contributed by atoms with Gasteiger partial charge in [0, 0.05) is 5.69 Å². The summed E-state index contributed by atoms with van der Waals surface area (Å²) in [4.78, 5) is 25.3. The Hall–Kier alpha value is -2.04. The number of carbonyl (C=O) groups excluding carboxylic acids is 2. The second kappa shape index (κ2) is 7.06. The normalized spacial score (nSPS) is 14.7. The van der Waals surface area contributed by atoms with Crippen molar-refractivity contribution in [3.63, 3.8) is 0 Å². The largest absolute Gasteiger partial charge is 0.325 e. The van der Waals surface area contributed by atoms with Gasteiger partial charge in [0.1, 0.15) is 5.41 Å². The Morgan fingerprint density at radius 3 is 2.04 bits per heavy atom. The van der Waals surface area contributed by atoms with Crippen LogP contribution in [-0.4, -0.2) is 11.8 Å². The van der Waals surface area contributed by atoms with E-state index in [4.69, 9.17) is 23.2 Å². The SMILES string of the molecule is CCc1ccc(NC(=O)C2(C(=O)Nc3c(Cl)cccc3Cl)CC2)cc1. The molecule has 1 fully saturated rings. The molecule has 2 aromatic rings. The summed E-state index contributed by atoms with van der Waals surface area (Å²) in [5.74, 6) is -0.692. The minimum absolute atomic E-state index is 0.308. The van der Waals surface area contributed by atoms with Gasteiger partial charge in [-0.2, -0.15) is 0 Å². The smallest absolute Gasteiger partial charge is 0.240 e. The molecule has 4 nitrogen and oxygen atoms in total. The molecule has 0 saturated heterocycles. The van der Waals surface area contributed by atoms with E-state index in [1.807, 2.05) is 24.3 Å². The molecule has 1 aliphatic carbocycles. The number of halogens is 2. The first-order chi connectivity index (χ1) is 12.0. The molecule has 0 bridgehead atoms. The fourth-order valence-corrected chi connectivity index (χ4v) is 3.10. The molecule has 3 rings (SSSR count). The first-order valence-electron chi connectivity index (χ1n) is 8.12. The summed E-state index contributed by atoms with van der Waals surface area (Å²) in [6, 6.07) is 12.6. The van der Waals surface area contributed by atoms with Crippen molar-refractivity contribution in [1.29, 1.82) is 0 Å². The Labute approximate surface area is 156 Å². The summed E-state index contributed by atoms with van der Waals surface area (Å²) < 4.78 is 0. The summed E-state index contributed by atoms with van der Waals surface area (Å²) >= 11 is 12.2. The minimum Gasteiger partial charge on any atom is -0.325 e. The molecule has 0 unspecified atom stereocenters. The van der Waals surface area contributed by atoms with E-state index < -0.39 is 5.41 Å². The van der Waals surface area contributed by atoms with Crippen LogP contribution < -0.4 is 10.6 Å². The van der Waals surface area contributed by atoms with E-state index >= 15 is 0 Å². The van der Waals surface area contributed by atoms with E-state index in [0.717, 1.165) is 6.42 Å². The molecule has 2 amide bonds. The van der Waals surface area contributed by atoms with E-state index in [1.165, 1.54) is 5.56 Å². The van der Waals surface area contributed by atoms with E-state index in [-0.39, 0.29) is 11.8 Å². The monoisotopic (exact) mass is 376 g/mol. The number of carbonyl (C=O) groups is 2. The summed E-state index contributed by atoms with van der Waals surface area (Å²) in [5.41, 5.74) is 1.14. The van der Waals surface area contributed by atoms with Gasteiger partial charge in [-0.15, -0.1) is 0 Å². The minimum atomic E-state index is -1.06. The van der Waals surface area contributed by atoms with Crippen molar-refractivity contribution in [2.75, 3.05) is 10.6 Å². The van der Waals surface area contributed by atoms with Crippen LogP contribution in [-0.2, 0) is 16.0 Å². The summed E-state index contributed by atoms with van der Waals surface area (Å²) in [6.07, 6.45) is 1.93. The maximum absolute atomic E-state index is 12.6. The molecule has 0 aliphatic heterocycles. The lowest BCUT2D eigenvalue weighted by Gasteiger charge is -2.17. The van der Waals surface area contributed by atoms with Crippen molar-refractivity contribution in [3.05, 3.63) is 58.1 Å². The average molecular weight is 377 g/mol. The standard InChI is InChI=1S/C19H18Cl2N2O2/c1-2-12-6-8-13(9-7-12)22-17(24)19(10-11-19)18(25)23-16-14(20)4-3-5-15(16)21/h3-9H,2,10-11H2,1H3,(H,22,24)(H,23,25). The number of rotatable bonds is 5. The molecule has 2 aromatic carbocycles. The van der Waals surface area contributed by atoms with Crippen molar-refractivity contribution < 1.29 is 9.59 Å². The van der Waals surface area contributed by atoms with Crippen molar-refractivity contribution in [2.24, 2.45) is 5.41 Å². The van der Waals surface area contributed by atoms with Gasteiger partial charge in [0.15, 0.2) is 0 Å². The van der Waals surface area contributed by atoms with E-state index in [9.17, 15) is 9.59 Å². The molecule has 130 valence electrons. The number of para-hydroxylation sites is 1. The molecule has 2 N–H and O–H groups in total. The number of amides is 2. The third-order valence-corrected chi connectivity index (χ3v) is 5.07. The maximum Gasteiger partial charge on any atom is 0.240 e. The lowest BCUT2D eigenvalue weighted by Crippen LogP contribution is -2.35. The quantitative estimate of drug-likeness (QED) is 0.728. The fourth-order valence-electron chi connectivity index (χ4n) is 2.61. The van der Waals surface area contributed by atoms with Crippen LogP contribution in [0.2, 0.25) is 10.0 Å². The van der Waals surface area contributed by atoms with Gasteiger partial charge in [-0.25, -0.2) is 0 Å². The second-order valence-corrected chi connectivity index (χ2v) is 6.95. The predicted octanol–water partition coefficient (Wildman–Crippen LogP) is 4.91. The van der Waals surface area contributed by atoms with Gasteiger partial charge < -0.3 is 10.6 Å². The second-order valence-electron chi connectivity index (χ2n) is 6.14. The molecular weight excluding hydrogens is 359 g/mol. The third-order valence-electron chi connectivity index (χ3n) is 4.44. The Balaban J connectivity index is 1.72. The molecule has 1 aliphatic rings. The third kappa shape index (κ3) is 3.65. The number of aryl methyl sites for hydroxylation is 1.